The SMILES string of the molecule is CCC(=O)CCN1CC2(CCN(c3cc(C#N)cc(Nc4nc(NC5CC5)c5ncc(C#N)n5n4)c3Cl)CC2)C1. The van der Waals surface area contributed by atoms with Crippen LogP contribution in [0.4, 0.5) is 23.1 Å². The van der Waals surface area contributed by atoms with E-state index in [1.54, 1.807) is 6.07 Å². The number of imidazole rings is 1. The summed E-state index contributed by atoms with van der Waals surface area (Å²) in [4.78, 5) is 25.3. The van der Waals surface area contributed by atoms with Crippen molar-refractivity contribution in [1.82, 2.24) is 24.5 Å². The maximum Gasteiger partial charge on any atom is 0.247 e. The van der Waals surface area contributed by atoms with Crippen molar-refractivity contribution in [3.05, 3.63) is 34.6 Å². The molecule has 0 atom stereocenters. The molecule has 40 heavy (non-hydrogen) atoms. The molecule has 4 heterocycles. The Hall–Kier alpha value is -3.93. The van der Waals surface area contributed by atoms with Crippen LogP contribution in [0.3, 0.4) is 0 Å². The number of nitrogens with one attached hydrogen (secondary N) is 2. The second-order valence-electron chi connectivity index (χ2n) is 11.1. The highest BCUT2D eigenvalue weighted by Crippen LogP contribution is 2.44. The van der Waals surface area contributed by atoms with E-state index in [2.05, 4.69) is 47.6 Å². The van der Waals surface area contributed by atoms with Gasteiger partial charge < -0.3 is 20.4 Å². The average molecular weight is 559 g/mol. The van der Waals surface area contributed by atoms with Gasteiger partial charge in [-0.3, -0.25) is 4.79 Å². The van der Waals surface area contributed by atoms with Gasteiger partial charge in [0.2, 0.25) is 5.95 Å². The number of fused-ring (bicyclic) bond motifs is 1. The third-order valence-corrected chi connectivity index (χ3v) is 8.61. The number of halogens is 1. The molecule has 3 fully saturated rings. The molecule has 3 aliphatic rings. The molecular formula is C28H31ClN10O. The summed E-state index contributed by atoms with van der Waals surface area (Å²) < 4.78 is 1.47. The van der Waals surface area contributed by atoms with Crippen molar-refractivity contribution in [2.24, 2.45) is 5.41 Å². The fraction of sp³-hybridized carbons (Fsp3) is 0.500. The Morgan fingerprint density at radius 3 is 2.65 bits per heavy atom. The number of piperidine rings is 1. The van der Waals surface area contributed by atoms with Crippen LogP contribution in [0, 0.1) is 28.1 Å². The van der Waals surface area contributed by atoms with Crippen molar-refractivity contribution in [3.63, 3.8) is 0 Å². The molecule has 2 aliphatic heterocycles. The number of rotatable bonds is 9. The highest BCUT2D eigenvalue weighted by atomic mass is 35.5. The molecule has 2 saturated heterocycles. The van der Waals surface area contributed by atoms with Gasteiger partial charge >= 0.3 is 0 Å². The van der Waals surface area contributed by atoms with Gasteiger partial charge in [0.05, 0.1) is 34.2 Å². The highest BCUT2D eigenvalue weighted by molar-refractivity contribution is 6.36. The lowest BCUT2D eigenvalue weighted by molar-refractivity contribution is -0.120. The summed E-state index contributed by atoms with van der Waals surface area (Å²) in [5, 5.41) is 30.9. The minimum atomic E-state index is 0.252. The van der Waals surface area contributed by atoms with Gasteiger partial charge in [-0.05, 0) is 43.2 Å². The van der Waals surface area contributed by atoms with Gasteiger partial charge in [-0.15, -0.1) is 5.10 Å². The van der Waals surface area contributed by atoms with Crippen molar-refractivity contribution in [2.45, 2.75) is 51.5 Å². The van der Waals surface area contributed by atoms with Gasteiger partial charge in [-0.1, -0.05) is 18.5 Å². The summed E-state index contributed by atoms with van der Waals surface area (Å²) in [5.41, 5.74) is 2.90. The third-order valence-electron chi connectivity index (χ3n) is 8.21. The van der Waals surface area contributed by atoms with Crippen LogP contribution in [0.5, 0.6) is 0 Å². The lowest BCUT2D eigenvalue weighted by atomic mass is 9.72. The molecule has 6 rings (SSSR count). The lowest BCUT2D eigenvalue weighted by Crippen LogP contribution is -2.60. The Morgan fingerprint density at radius 1 is 1.20 bits per heavy atom. The number of nitriles is 2. The summed E-state index contributed by atoms with van der Waals surface area (Å²) in [6.07, 6.45) is 6.90. The lowest BCUT2D eigenvalue weighted by Gasteiger charge is -2.54. The van der Waals surface area contributed by atoms with Gasteiger partial charge in [-0.2, -0.15) is 20.0 Å². The van der Waals surface area contributed by atoms with E-state index >= 15 is 0 Å². The molecule has 3 aromatic rings. The Kier molecular flexibility index (Phi) is 6.95. The number of likely N-dealkylation sites (tertiary alicyclic amines) is 1. The minimum absolute atomic E-state index is 0.252. The number of aromatic nitrogens is 4. The summed E-state index contributed by atoms with van der Waals surface area (Å²) in [7, 11) is 0. The molecule has 2 aromatic heterocycles. The van der Waals surface area contributed by atoms with Crippen molar-refractivity contribution >= 4 is 46.2 Å². The normalized spacial score (nSPS) is 18.2. The topological polar surface area (TPSA) is 138 Å². The Morgan fingerprint density at radius 2 is 1.98 bits per heavy atom. The molecule has 1 saturated carbocycles. The number of hydrogen-bond donors (Lipinski definition) is 2. The summed E-state index contributed by atoms with van der Waals surface area (Å²) in [6, 6.07) is 8.22. The average Bonchev–Trinajstić information content (AvgIpc) is 3.67. The fourth-order valence-corrected chi connectivity index (χ4v) is 5.98. The van der Waals surface area contributed by atoms with Crippen LogP contribution in [-0.4, -0.2) is 69.0 Å². The molecule has 2 N–H and O–H groups in total. The first-order chi connectivity index (χ1) is 19.4. The molecular weight excluding hydrogens is 528 g/mol. The Balaban J connectivity index is 1.20. The first-order valence-corrected chi connectivity index (χ1v) is 14.2. The van der Waals surface area contributed by atoms with Crippen LogP contribution < -0.4 is 15.5 Å². The van der Waals surface area contributed by atoms with E-state index in [1.165, 1.54) is 10.7 Å². The molecule has 0 unspecified atom stereocenters. The van der Waals surface area contributed by atoms with Crippen LogP contribution in [0.2, 0.25) is 5.02 Å². The maximum atomic E-state index is 11.7. The number of nitrogens with zero attached hydrogens (tertiary/aromatic N) is 8. The highest BCUT2D eigenvalue weighted by Gasteiger charge is 2.44. The number of benzene rings is 1. The van der Waals surface area contributed by atoms with Gasteiger partial charge in [0, 0.05) is 51.6 Å². The van der Waals surface area contributed by atoms with Crippen molar-refractivity contribution in [2.75, 3.05) is 48.3 Å². The van der Waals surface area contributed by atoms with Crippen LogP contribution in [-0.2, 0) is 4.79 Å². The van der Waals surface area contributed by atoms with E-state index in [-0.39, 0.29) is 5.95 Å². The smallest absolute Gasteiger partial charge is 0.247 e. The predicted molar refractivity (Wildman–Crippen MR) is 152 cm³/mol. The molecule has 0 amide bonds. The number of carbonyl (C=O) groups excluding carboxylic acids is 1. The van der Waals surface area contributed by atoms with Crippen molar-refractivity contribution in [3.8, 4) is 12.1 Å². The zero-order valence-corrected chi connectivity index (χ0v) is 23.2. The molecule has 1 aromatic carbocycles. The van der Waals surface area contributed by atoms with Crippen LogP contribution in [0.15, 0.2) is 18.3 Å². The van der Waals surface area contributed by atoms with E-state index in [9.17, 15) is 15.3 Å². The summed E-state index contributed by atoms with van der Waals surface area (Å²) in [5.74, 6) is 1.12. The van der Waals surface area contributed by atoms with Crippen LogP contribution >= 0.6 is 11.6 Å². The predicted octanol–water partition coefficient (Wildman–Crippen LogP) is 4.11. The number of hydrogen-bond acceptors (Lipinski definition) is 10. The monoisotopic (exact) mass is 558 g/mol. The molecule has 0 radical (unpaired) electrons. The maximum absolute atomic E-state index is 11.7. The second-order valence-corrected chi connectivity index (χ2v) is 11.5. The molecule has 11 nitrogen and oxygen atoms in total. The number of ketones is 1. The Labute approximate surface area is 237 Å². The molecule has 12 heteroatoms. The molecule has 206 valence electrons. The quantitative estimate of drug-likeness (QED) is 0.394. The summed E-state index contributed by atoms with van der Waals surface area (Å²) in [6.45, 7) is 6.52. The van der Waals surface area contributed by atoms with Gasteiger partial charge in [0.25, 0.3) is 0 Å². The number of anilines is 4. The largest absolute Gasteiger partial charge is 0.370 e. The zero-order valence-electron chi connectivity index (χ0n) is 22.5. The van der Waals surface area contributed by atoms with Crippen LogP contribution in [0.1, 0.15) is 56.7 Å². The van der Waals surface area contributed by atoms with E-state index in [1.807, 2.05) is 13.0 Å². The van der Waals surface area contributed by atoms with E-state index in [0.29, 0.717) is 63.5 Å². The molecule has 1 aliphatic carbocycles. The molecule has 1 spiro atoms. The van der Waals surface area contributed by atoms with E-state index < -0.39 is 0 Å². The van der Waals surface area contributed by atoms with E-state index in [4.69, 9.17) is 11.6 Å². The number of carbonyl (C=O) groups is 1. The first kappa shape index (κ1) is 26.3. The third kappa shape index (κ3) is 5.15. The van der Waals surface area contributed by atoms with Gasteiger partial charge in [-0.25, -0.2) is 4.98 Å². The Bertz CT molecular complexity index is 1530. The van der Waals surface area contributed by atoms with Crippen molar-refractivity contribution in [1.29, 1.82) is 10.5 Å². The minimum Gasteiger partial charge on any atom is -0.370 e. The van der Waals surface area contributed by atoms with Gasteiger partial charge in [0.1, 0.15) is 11.9 Å². The molecule has 0 bridgehead atoms. The van der Waals surface area contributed by atoms with E-state index in [0.717, 1.165) is 64.1 Å². The summed E-state index contributed by atoms with van der Waals surface area (Å²) >= 11 is 6.94. The fourth-order valence-electron chi connectivity index (χ4n) is 5.70. The van der Waals surface area contributed by atoms with Crippen LogP contribution in [0.25, 0.3) is 5.65 Å². The first-order valence-electron chi connectivity index (χ1n) is 13.8. The standard InChI is InChI=1S/C28H31ClN10O/c1-2-21(40)5-8-37-16-28(17-37)6-9-38(10-7-28)23-12-18(13-30)11-22(24(23)29)34-27-35-25(33-19-3-4-19)26-32-15-20(14-31)39(26)36-27/h11-12,15,19H,2-10,16-17H2,1H3,(H2,33,34,35,36). The number of Topliss-reactive ketones (excluding diaryl/α,β-unsaturated/α-hetero) is 1. The van der Waals surface area contributed by atoms with Gasteiger partial charge in [0.15, 0.2) is 17.2 Å². The van der Waals surface area contributed by atoms with Crippen molar-refractivity contribution < 1.29 is 4.79 Å². The zero-order chi connectivity index (χ0) is 27.9. The second kappa shape index (κ2) is 10.6.